The van der Waals surface area contributed by atoms with E-state index in [2.05, 4.69) is 10.2 Å². The topological polar surface area (TPSA) is 112 Å². The number of nitrogens with zero attached hydrogens (tertiary/aromatic N) is 2. The van der Waals surface area contributed by atoms with Crippen molar-refractivity contribution in [3.63, 3.8) is 0 Å². The van der Waals surface area contributed by atoms with Crippen LogP contribution in [-0.2, 0) is 32.2 Å². The highest BCUT2D eigenvalue weighted by Crippen LogP contribution is 2.38. The van der Waals surface area contributed by atoms with E-state index in [1.807, 2.05) is 80.7 Å². The highest BCUT2D eigenvalue weighted by molar-refractivity contribution is 5.90. The Morgan fingerprint density at radius 2 is 1.62 bits per heavy atom. The van der Waals surface area contributed by atoms with Gasteiger partial charge in [0, 0.05) is 37.7 Å². The van der Waals surface area contributed by atoms with Gasteiger partial charge in [-0.1, -0.05) is 78.9 Å². The van der Waals surface area contributed by atoms with Crippen LogP contribution in [0.1, 0.15) is 72.5 Å². The summed E-state index contributed by atoms with van der Waals surface area (Å²) >= 11 is 0. The van der Waals surface area contributed by atoms with E-state index in [4.69, 9.17) is 9.47 Å². The first-order valence-electron chi connectivity index (χ1n) is 16.1. The fourth-order valence-corrected chi connectivity index (χ4v) is 6.24. The predicted molar refractivity (Wildman–Crippen MR) is 171 cm³/mol. The van der Waals surface area contributed by atoms with Crippen LogP contribution in [0, 0.1) is 0 Å². The van der Waals surface area contributed by atoms with Crippen molar-refractivity contribution in [1.82, 2.24) is 15.1 Å². The minimum atomic E-state index is -5.03. The fraction of sp³-hybridized carbons (Fsp3) is 0.444. The maximum absolute atomic E-state index is 13.0. The number of rotatable bonds is 11. The maximum Gasteiger partial charge on any atom is 0.471 e. The van der Waals surface area contributed by atoms with E-state index in [1.165, 1.54) is 0 Å². The van der Waals surface area contributed by atoms with Crippen LogP contribution >= 0.6 is 0 Å². The number of aliphatic hydroxyl groups excluding tert-OH is 2. The van der Waals surface area contributed by atoms with Crippen molar-refractivity contribution in [2.24, 2.45) is 0 Å². The zero-order valence-corrected chi connectivity index (χ0v) is 27.0. The molecule has 9 nitrogen and oxygen atoms in total. The average molecular weight is 670 g/mol. The minimum Gasteiger partial charge on any atom is -0.392 e. The van der Waals surface area contributed by atoms with E-state index in [1.54, 1.807) is 12.1 Å². The number of hydrogen-bond acceptors (Lipinski definition) is 7. The smallest absolute Gasteiger partial charge is 0.392 e. The number of ether oxygens (including phenoxy) is 2. The summed E-state index contributed by atoms with van der Waals surface area (Å²) in [4.78, 5) is 27.2. The highest BCUT2D eigenvalue weighted by atomic mass is 19.4. The molecule has 3 N–H and O–H groups in total. The van der Waals surface area contributed by atoms with E-state index in [-0.39, 0.29) is 44.4 Å². The normalized spacial score (nSPS) is 22.8. The van der Waals surface area contributed by atoms with Crippen molar-refractivity contribution in [3.05, 3.63) is 107 Å². The maximum atomic E-state index is 13.0. The third-order valence-corrected chi connectivity index (χ3v) is 9.18. The summed E-state index contributed by atoms with van der Waals surface area (Å²) in [5.74, 6) is -2.62. The largest absolute Gasteiger partial charge is 0.471 e. The molecule has 0 bridgehead atoms. The van der Waals surface area contributed by atoms with Gasteiger partial charge in [0.25, 0.3) is 0 Å². The van der Waals surface area contributed by atoms with Crippen LogP contribution in [0.25, 0.3) is 0 Å². The Balaban J connectivity index is 1.25. The number of aliphatic hydroxyl groups is 2. The van der Waals surface area contributed by atoms with Crippen molar-refractivity contribution in [1.29, 1.82) is 0 Å². The van der Waals surface area contributed by atoms with E-state index in [0.717, 1.165) is 22.3 Å². The van der Waals surface area contributed by atoms with Gasteiger partial charge < -0.3 is 29.9 Å². The van der Waals surface area contributed by atoms with Gasteiger partial charge >= 0.3 is 12.1 Å². The zero-order valence-electron chi connectivity index (χ0n) is 27.0. The first-order chi connectivity index (χ1) is 22.9. The Morgan fingerprint density at radius 3 is 2.27 bits per heavy atom. The summed E-state index contributed by atoms with van der Waals surface area (Å²) < 4.78 is 51.8. The Hall–Kier alpha value is -3.81. The van der Waals surface area contributed by atoms with Gasteiger partial charge in [-0.15, -0.1) is 0 Å². The number of hydrogen-bond donors (Lipinski definition) is 3. The molecule has 3 aromatic carbocycles. The molecule has 48 heavy (non-hydrogen) atoms. The van der Waals surface area contributed by atoms with Crippen LogP contribution in [0.3, 0.4) is 0 Å². The van der Waals surface area contributed by atoms with Crippen molar-refractivity contribution >= 4 is 11.8 Å². The third kappa shape index (κ3) is 8.61. The quantitative estimate of drug-likeness (QED) is 0.265. The Labute approximate surface area is 278 Å². The first-order valence-corrected chi connectivity index (χ1v) is 16.1. The number of alkyl halides is 3. The lowest BCUT2D eigenvalue weighted by Crippen LogP contribution is -2.50. The van der Waals surface area contributed by atoms with Gasteiger partial charge in [-0.3, -0.25) is 14.5 Å². The summed E-state index contributed by atoms with van der Waals surface area (Å²) in [6, 6.07) is 22.9. The lowest BCUT2D eigenvalue weighted by Gasteiger charge is -2.39. The molecule has 258 valence electrons. The van der Waals surface area contributed by atoms with Gasteiger partial charge in [0.1, 0.15) is 6.04 Å². The van der Waals surface area contributed by atoms with Crippen LogP contribution in [0.4, 0.5) is 13.2 Å². The minimum absolute atomic E-state index is 0.0655. The number of benzene rings is 3. The summed E-state index contributed by atoms with van der Waals surface area (Å²) in [7, 11) is 1.95. The molecule has 3 aromatic rings. The third-order valence-electron chi connectivity index (χ3n) is 9.18. The number of halogens is 3. The van der Waals surface area contributed by atoms with E-state index in [0.29, 0.717) is 29.8 Å². The van der Waals surface area contributed by atoms with Crippen LogP contribution in [-0.4, -0.2) is 76.3 Å². The highest BCUT2D eigenvalue weighted by Gasteiger charge is 2.47. The first kappa shape index (κ1) is 35.5. The van der Waals surface area contributed by atoms with Gasteiger partial charge in [0.2, 0.25) is 5.91 Å². The molecule has 2 aliphatic heterocycles. The fourth-order valence-electron chi connectivity index (χ4n) is 6.24. The summed E-state index contributed by atoms with van der Waals surface area (Å²) in [6.07, 6.45) is -5.95. The second kappa shape index (κ2) is 15.6. The lowest BCUT2D eigenvalue weighted by atomic mass is 9.98. The number of likely N-dealkylation sites (N-methyl/N-ethyl adjacent to an activating group) is 1. The standard InChI is InChI=1S/C36H42F3N3O6/c1-23(32(44)27-7-4-3-5-8-27)41(2)21-29-19-31(26-14-12-25(22-43)13-15-26)48-34(47-29)28-16-10-24(11-17-28)20-40-33(45)30-9-6-18-42(30)35(46)36(37,38)39/h3-5,7-8,10-17,23,29-32,34,43-44H,6,9,18-22H2,1-2H3,(H,40,45)/t23-,29+,30+,31-,32-,34-/m1/s1. The molecule has 0 aliphatic carbocycles. The molecular weight excluding hydrogens is 627 g/mol. The monoisotopic (exact) mass is 669 g/mol. The summed E-state index contributed by atoms with van der Waals surface area (Å²) in [5, 5.41) is 23.2. The van der Waals surface area contributed by atoms with Crippen LogP contribution < -0.4 is 5.32 Å². The molecule has 2 heterocycles. The Kier molecular flexibility index (Phi) is 11.5. The number of carbonyl (C=O) groups is 2. The predicted octanol–water partition coefficient (Wildman–Crippen LogP) is 4.95. The molecule has 6 atom stereocenters. The van der Waals surface area contributed by atoms with Gasteiger partial charge in [0.05, 0.1) is 24.9 Å². The van der Waals surface area contributed by atoms with Crippen LogP contribution in [0.15, 0.2) is 78.9 Å². The molecule has 2 fully saturated rings. The SMILES string of the molecule is C[C@H]([C@@H](O)c1ccccc1)N(C)C[C@@H]1C[C@H](c2ccc(CO)cc2)O[C@H](c2ccc(CNC(=O)[C@@H]3CCCN3C(=O)C(F)(F)F)cc2)O1. The molecule has 2 aliphatic rings. The van der Waals surface area contributed by atoms with Crippen molar-refractivity contribution in [2.75, 3.05) is 20.1 Å². The number of nitrogens with one attached hydrogen (secondary N) is 1. The average Bonchev–Trinajstić information content (AvgIpc) is 3.60. The number of carbonyl (C=O) groups excluding carboxylic acids is 2. The van der Waals surface area contributed by atoms with Crippen LogP contribution in [0.5, 0.6) is 0 Å². The number of amides is 2. The van der Waals surface area contributed by atoms with Crippen molar-refractivity contribution in [3.8, 4) is 0 Å². The van der Waals surface area contributed by atoms with Crippen LogP contribution in [0.2, 0.25) is 0 Å². The zero-order chi connectivity index (χ0) is 34.4. The molecule has 0 radical (unpaired) electrons. The van der Waals surface area contributed by atoms with Crippen molar-refractivity contribution in [2.45, 2.75) is 82.2 Å². The second-order valence-corrected chi connectivity index (χ2v) is 12.5. The molecule has 0 saturated carbocycles. The molecule has 12 heteroatoms. The van der Waals surface area contributed by atoms with Gasteiger partial charge in [0.15, 0.2) is 6.29 Å². The second-order valence-electron chi connectivity index (χ2n) is 12.5. The molecule has 2 saturated heterocycles. The lowest BCUT2D eigenvalue weighted by molar-refractivity contribution is -0.253. The molecule has 0 aromatic heterocycles. The Morgan fingerprint density at radius 1 is 0.979 bits per heavy atom. The van der Waals surface area contributed by atoms with Gasteiger partial charge in [-0.2, -0.15) is 13.2 Å². The van der Waals surface area contributed by atoms with Gasteiger partial charge in [-0.25, -0.2) is 0 Å². The molecular formula is C36H42F3N3O6. The summed E-state index contributed by atoms with van der Waals surface area (Å²) in [5.41, 5.74) is 4.01. The summed E-state index contributed by atoms with van der Waals surface area (Å²) in [6.45, 7) is 2.39. The molecule has 0 unspecified atom stereocenters. The molecule has 0 spiro atoms. The number of likely N-dealkylation sites (tertiary alicyclic amines) is 1. The van der Waals surface area contributed by atoms with Gasteiger partial charge in [-0.05, 0) is 49.1 Å². The molecule has 5 rings (SSSR count). The Bertz CT molecular complexity index is 1510. The molecule has 2 amide bonds. The van der Waals surface area contributed by atoms with E-state index < -0.39 is 36.4 Å². The van der Waals surface area contributed by atoms with E-state index in [9.17, 15) is 33.0 Å². The van der Waals surface area contributed by atoms with E-state index >= 15 is 0 Å². The van der Waals surface area contributed by atoms with Crippen molar-refractivity contribution < 1.29 is 42.4 Å².